The predicted octanol–water partition coefficient (Wildman–Crippen LogP) is 3.39. The molecule has 36 heavy (non-hydrogen) atoms. The highest BCUT2D eigenvalue weighted by atomic mass is 32.2. The van der Waals surface area contributed by atoms with Crippen LogP contribution in [0.25, 0.3) is 0 Å². The van der Waals surface area contributed by atoms with Crippen molar-refractivity contribution in [2.45, 2.75) is 29.9 Å². The number of anilines is 1. The number of aromatic nitrogens is 4. The van der Waals surface area contributed by atoms with Crippen LogP contribution in [-0.4, -0.2) is 51.4 Å². The summed E-state index contributed by atoms with van der Waals surface area (Å²) in [6, 6.07) is 6.60. The summed E-state index contributed by atoms with van der Waals surface area (Å²) in [6.07, 6.45) is -2.85. The molecule has 2 aromatic heterocycles. The summed E-state index contributed by atoms with van der Waals surface area (Å²) in [5.74, 6) is -2.02. The van der Waals surface area contributed by atoms with Gasteiger partial charge in [0.15, 0.2) is 20.6 Å². The molecule has 1 atom stereocenters. The van der Waals surface area contributed by atoms with E-state index in [4.69, 9.17) is 9.52 Å². The third kappa shape index (κ3) is 5.93. The van der Waals surface area contributed by atoms with Crippen molar-refractivity contribution in [2.24, 2.45) is 0 Å². The zero-order chi connectivity index (χ0) is 27.1. The number of aryl methyl sites for hydroxylation is 1. The van der Waals surface area contributed by atoms with Crippen LogP contribution in [-0.2, 0) is 25.7 Å². The lowest BCUT2D eigenvalue weighted by Crippen LogP contribution is -2.21. The summed E-state index contributed by atoms with van der Waals surface area (Å²) in [5, 5.41) is 15.7. The molecule has 2 heterocycles. The number of carbonyl (C=O) groups excluding carboxylic acids is 1. The van der Waals surface area contributed by atoms with Crippen LogP contribution in [0.1, 0.15) is 27.2 Å². The van der Waals surface area contributed by atoms with Gasteiger partial charge in [-0.05, 0) is 43.7 Å². The fraction of sp³-hybridized carbons (Fsp3) is 0.250. The lowest BCUT2D eigenvalue weighted by atomic mass is 10.1. The molecule has 0 spiro atoms. The molecule has 0 aliphatic rings. The monoisotopic (exact) mass is 544 g/mol. The number of carbonyl (C=O) groups is 1. The van der Waals surface area contributed by atoms with E-state index in [9.17, 15) is 30.6 Å². The molecule has 1 unspecified atom stereocenters. The molecule has 1 amide bonds. The average molecular weight is 545 g/mol. The largest absolute Gasteiger partial charge is 0.435 e. The molecule has 1 aromatic carbocycles. The second-order valence-electron chi connectivity index (χ2n) is 7.72. The molecular formula is C20H19F3N6O5S2. The van der Waals surface area contributed by atoms with Crippen molar-refractivity contribution in [3.63, 3.8) is 0 Å². The first-order valence-corrected chi connectivity index (χ1v) is 13.7. The van der Waals surface area contributed by atoms with Crippen molar-refractivity contribution in [1.82, 2.24) is 20.4 Å². The van der Waals surface area contributed by atoms with Crippen LogP contribution < -0.4 is 10.1 Å². The number of rotatable bonds is 6. The number of benzene rings is 1. The van der Waals surface area contributed by atoms with Gasteiger partial charge in [-0.3, -0.25) is 4.79 Å². The highest BCUT2D eigenvalue weighted by Crippen LogP contribution is 2.35. The highest BCUT2D eigenvalue weighted by Gasteiger charge is 2.38. The molecule has 2 N–H and O–H groups in total. The van der Waals surface area contributed by atoms with Gasteiger partial charge in [-0.1, -0.05) is 6.07 Å². The average Bonchev–Trinajstić information content (AvgIpc) is 2.73. The Morgan fingerprint density at radius 1 is 1.00 bits per heavy atom. The van der Waals surface area contributed by atoms with Gasteiger partial charge in [0.2, 0.25) is 5.88 Å². The second kappa shape index (κ2) is 9.42. The smallest absolute Gasteiger partial charge is 0.416 e. The fourth-order valence-corrected chi connectivity index (χ4v) is 4.21. The third-order valence-electron chi connectivity index (χ3n) is 4.71. The van der Waals surface area contributed by atoms with Gasteiger partial charge in [0, 0.05) is 28.7 Å². The summed E-state index contributed by atoms with van der Waals surface area (Å²) in [5.41, 5.74) is -2.44. The summed E-state index contributed by atoms with van der Waals surface area (Å²) >= 11 is 0. The van der Waals surface area contributed by atoms with Crippen molar-refractivity contribution in [3.05, 3.63) is 52.7 Å². The first kappa shape index (κ1) is 26.9. The van der Waals surface area contributed by atoms with Crippen molar-refractivity contribution >= 4 is 31.2 Å². The van der Waals surface area contributed by atoms with Crippen molar-refractivity contribution in [2.75, 3.05) is 17.8 Å². The molecule has 0 aliphatic carbocycles. The Morgan fingerprint density at radius 2 is 1.64 bits per heavy atom. The molecule has 0 fully saturated rings. The van der Waals surface area contributed by atoms with E-state index in [-0.39, 0.29) is 27.1 Å². The number of sulfone groups is 1. The van der Waals surface area contributed by atoms with E-state index in [1.165, 1.54) is 37.4 Å². The van der Waals surface area contributed by atoms with Gasteiger partial charge in [-0.2, -0.15) is 13.2 Å². The van der Waals surface area contributed by atoms with Crippen molar-refractivity contribution in [1.29, 1.82) is 4.78 Å². The molecule has 192 valence electrons. The quantitative estimate of drug-likeness (QED) is 0.473. The number of halogens is 3. The lowest BCUT2D eigenvalue weighted by Gasteiger charge is -2.16. The molecule has 0 radical (unpaired) electrons. The van der Waals surface area contributed by atoms with Crippen LogP contribution in [0, 0.1) is 18.6 Å². The minimum Gasteiger partial charge on any atom is -0.416 e. The number of nitrogens with zero attached hydrogens (tertiary/aromatic N) is 4. The Balaban J connectivity index is 2.09. The van der Waals surface area contributed by atoms with Crippen molar-refractivity contribution in [3.8, 4) is 11.8 Å². The number of nitrogens with one attached hydrogen (secondary N) is 2. The third-order valence-corrected chi connectivity index (χ3v) is 6.82. The molecule has 11 nitrogen and oxygen atoms in total. The van der Waals surface area contributed by atoms with Gasteiger partial charge in [-0.15, -0.1) is 20.4 Å². The van der Waals surface area contributed by atoms with Crippen LogP contribution in [0.5, 0.6) is 11.8 Å². The maximum absolute atomic E-state index is 13.5. The zero-order valence-electron chi connectivity index (χ0n) is 19.2. The van der Waals surface area contributed by atoms with E-state index in [1.807, 2.05) is 0 Å². The number of hydrogen-bond donors (Lipinski definition) is 2. The van der Waals surface area contributed by atoms with Crippen LogP contribution in [0.4, 0.5) is 18.9 Å². The minimum absolute atomic E-state index is 0.0588. The molecule has 0 saturated heterocycles. The van der Waals surface area contributed by atoms with Crippen LogP contribution >= 0.6 is 0 Å². The van der Waals surface area contributed by atoms with E-state index in [2.05, 4.69) is 25.7 Å². The molecule has 3 aromatic rings. The summed E-state index contributed by atoms with van der Waals surface area (Å²) < 4.78 is 88.9. The highest BCUT2D eigenvalue weighted by molar-refractivity contribution is 7.91. The molecule has 0 bridgehead atoms. The topological polar surface area (TPSA) is 165 Å². The maximum Gasteiger partial charge on any atom is 0.435 e. The van der Waals surface area contributed by atoms with Crippen LogP contribution in [0.15, 0.2) is 40.3 Å². The predicted molar refractivity (Wildman–Crippen MR) is 121 cm³/mol. The maximum atomic E-state index is 13.5. The Morgan fingerprint density at radius 3 is 2.19 bits per heavy atom. The number of hydrogen-bond acceptors (Lipinski definition) is 10. The van der Waals surface area contributed by atoms with E-state index < -0.39 is 54.4 Å². The van der Waals surface area contributed by atoms with E-state index in [1.54, 1.807) is 0 Å². The summed E-state index contributed by atoms with van der Waals surface area (Å²) in [7, 11) is -6.83. The number of alkyl halides is 3. The van der Waals surface area contributed by atoms with Crippen molar-refractivity contribution < 1.29 is 35.3 Å². The molecule has 0 aliphatic heterocycles. The molecule has 0 saturated carbocycles. The lowest BCUT2D eigenvalue weighted by molar-refractivity contribution is -0.142. The fourth-order valence-electron chi connectivity index (χ4n) is 2.94. The normalized spacial score (nSPS) is 13.6. The summed E-state index contributed by atoms with van der Waals surface area (Å²) in [4.78, 5) is 13.2. The Bertz CT molecular complexity index is 1580. The standard InChI is InChI=1S/C20H19F3N6O5S2/c1-10-8-14(36(4,32)33)26-28-18(10)34-19-15(11(2)16(27-29-19)20(21,22)23)17(30)25-12-6-5-7-13(9-12)35(3,24)31/h5-9,24H,1-4H3,(H,25,30). The number of amides is 1. The van der Waals surface area contributed by atoms with Gasteiger partial charge in [0.05, 0.1) is 9.73 Å². The number of ether oxygens (including phenoxy) is 1. The molecule has 3 rings (SSSR count). The van der Waals surface area contributed by atoms with E-state index in [0.29, 0.717) is 0 Å². The van der Waals surface area contributed by atoms with E-state index in [0.717, 1.165) is 19.2 Å². The van der Waals surface area contributed by atoms with Gasteiger partial charge < -0.3 is 10.1 Å². The molecular weight excluding hydrogens is 525 g/mol. The first-order valence-electron chi connectivity index (χ1n) is 9.80. The van der Waals surface area contributed by atoms with E-state index >= 15 is 0 Å². The van der Waals surface area contributed by atoms with Crippen LogP contribution in [0.3, 0.4) is 0 Å². The van der Waals surface area contributed by atoms with Gasteiger partial charge >= 0.3 is 6.18 Å². The van der Waals surface area contributed by atoms with Gasteiger partial charge in [-0.25, -0.2) is 17.4 Å². The Labute approximate surface area is 204 Å². The Hall–Kier alpha value is -3.66. The Kier molecular flexibility index (Phi) is 7.05. The summed E-state index contributed by atoms with van der Waals surface area (Å²) in [6.45, 7) is 2.42. The molecule has 16 heteroatoms. The second-order valence-corrected chi connectivity index (χ2v) is 11.8. The van der Waals surface area contributed by atoms with Gasteiger partial charge in [0.25, 0.3) is 11.8 Å². The van der Waals surface area contributed by atoms with Crippen LogP contribution in [0.2, 0.25) is 0 Å². The minimum atomic E-state index is -4.93. The SMILES string of the molecule is Cc1cc(S(C)(=O)=O)nnc1Oc1nnc(C(F)(F)F)c(C)c1C(=O)Nc1cccc(S(C)(=N)=O)c1. The first-order chi connectivity index (χ1) is 16.5. The zero-order valence-corrected chi connectivity index (χ0v) is 20.8. The van der Waals surface area contributed by atoms with Gasteiger partial charge in [0.1, 0.15) is 5.56 Å².